The minimum absolute atomic E-state index is 0.0934. The molecule has 0 saturated carbocycles. The highest BCUT2D eigenvalue weighted by Gasteiger charge is 2.42. The van der Waals surface area contributed by atoms with Gasteiger partial charge in [0, 0.05) is 31.9 Å². The number of aryl methyl sites for hydroxylation is 2. The first-order valence-corrected chi connectivity index (χ1v) is 15.9. The Balaban J connectivity index is 1.77. The van der Waals surface area contributed by atoms with Gasteiger partial charge in [0.1, 0.15) is 12.0 Å². The third kappa shape index (κ3) is 6.03. The molecular formula is C29H36N4O4S2. The van der Waals surface area contributed by atoms with Crippen LogP contribution in [0.3, 0.4) is 0 Å². The van der Waals surface area contributed by atoms with Crippen molar-refractivity contribution in [2.45, 2.75) is 50.6 Å². The van der Waals surface area contributed by atoms with Gasteiger partial charge in [-0.1, -0.05) is 47.5 Å². The Kier molecular flexibility index (Phi) is 8.48. The van der Waals surface area contributed by atoms with Gasteiger partial charge in [-0.3, -0.25) is 0 Å². The standard InChI is InChI=1S/C29H36N4O4S2/c1-6-31(7-2)26-14-12-25(13-15-26)29-32(24(5)30-38(34,35)27-16-8-22(3)9-17-27)20-21-33(29)39(36,37)28-18-10-23(4)11-19-28/h8-19,29H,6-7,20-21H2,1-5H3/b30-24+. The predicted molar refractivity (Wildman–Crippen MR) is 156 cm³/mol. The van der Waals surface area contributed by atoms with Gasteiger partial charge in [-0.15, -0.1) is 4.40 Å². The molecule has 10 heteroatoms. The first-order chi connectivity index (χ1) is 18.5. The highest BCUT2D eigenvalue weighted by atomic mass is 32.2. The molecule has 3 aromatic rings. The van der Waals surface area contributed by atoms with Crippen LogP contribution in [0, 0.1) is 13.8 Å². The van der Waals surface area contributed by atoms with E-state index in [1.165, 1.54) is 16.4 Å². The van der Waals surface area contributed by atoms with Gasteiger partial charge in [0.25, 0.3) is 10.0 Å². The van der Waals surface area contributed by atoms with Gasteiger partial charge in [-0.2, -0.15) is 12.7 Å². The van der Waals surface area contributed by atoms with E-state index in [9.17, 15) is 16.8 Å². The van der Waals surface area contributed by atoms with E-state index >= 15 is 0 Å². The van der Waals surface area contributed by atoms with Crippen LogP contribution < -0.4 is 4.90 Å². The number of hydrogen-bond donors (Lipinski definition) is 0. The molecule has 39 heavy (non-hydrogen) atoms. The fourth-order valence-electron chi connectivity index (χ4n) is 4.82. The first-order valence-electron chi connectivity index (χ1n) is 13.1. The number of anilines is 1. The Hall–Kier alpha value is -3.21. The lowest BCUT2D eigenvalue weighted by atomic mass is 10.1. The van der Waals surface area contributed by atoms with Gasteiger partial charge < -0.3 is 9.80 Å². The van der Waals surface area contributed by atoms with Gasteiger partial charge in [0.05, 0.1) is 9.79 Å². The lowest BCUT2D eigenvalue weighted by Gasteiger charge is -2.31. The summed E-state index contributed by atoms with van der Waals surface area (Å²) in [6.07, 6.45) is -0.751. The molecule has 1 aliphatic heterocycles. The summed E-state index contributed by atoms with van der Waals surface area (Å²) >= 11 is 0. The Bertz CT molecular complexity index is 1530. The Morgan fingerprint density at radius 1 is 0.795 bits per heavy atom. The molecular weight excluding hydrogens is 532 g/mol. The summed E-state index contributed by atoms with van der Waals surface area (Å²) in [5.41, 5.74) is 3.68. The number of benzene rings is 3. The average Bonchev–Trinajstić information content (AvgIpc) is 3.37. The van der Waals surface area contributed by atoms with Gasteiger partial charge in [0.15, 0.2) is 0 Å². The summed E-state index contributed by atoms with van der Waals surface area (Å²) in [5.74, 6) is 0.231. The van der Waals surface area contributed by atoms with Crippen molar-refractivity contribution in [2.24, 2.45) is 4.40 Å². The summed E-state index contributed by atoms with van der Waals surface area (Å²) in [6.45, 7) is 11.8. The molecule has 0 N–H and O–H groups in total. The van der Waals surface area contributed by atoms with Crippen LogP contribution in [0.25, 0.3) is 0 Å². The van der Waals surface area contributed by atoms with Crippen molar-refractivity contribution in [3.8, 4) is 0 Å². The maximum absolute atomic E-state index is 13.8. The minimum atomic E-state index is -3.98. The summed E-state index contributed by atoms with van der Waals surface area (Å²) < 4.78 is 59.5. The second kappa shape index (κ2) is 11.5. The van der Waals surface area contributed by atoms with Crippen molar-refractivity contribution in [2.75, 3.05) is 31.1 Å². The first kappa shape index (κ1) is 28.8. The largest absolute Gasteiger partial charge is 0.372 e. The number of amidine groups is 1. The zero-order valence-electron chi connectivity index (χ0n) is 23.1. The Labute approximate surface area is 232 Å². The van der Waals surface area contributed by atoms with Crippen LogP contribution in [0.15, 0.2) is 87.0 Å². The molecule has 1 saturated heterocycles. The highest BCUT2D eigenvalue weighted by Crippen LogP contribution is 2.36. The Morgan fingerprint density at radius 2 is 1.31 bits per heavy atom. The predicted octanol–water partition coefficient (Wildman–Crippen LogP) is 4.96. The van der Waals surface area contributed by atoms with Crippen LogP contribution in [0.4, 0.5) is 5.69 Å². The second-order valence-electron chi connectivity index (χ2n) is 9.69. The average molecular weight is 569 g/mol. The zero-order chi connectivity index (χ0) is 28.4. The molecule has 8 nitrogen and oxygen atoms in total. The van der Waals surface area contributed by atoms with Gasteiger partial charge in [0.2, 0.25) is 10.0 Å². The van der Waals surface area contributed by atoms with Gasteiger partial charge in [-0.25, -0.2) is 8.42 Å². The van der Waals surface area contributed by atoms with E-state index in [4.69, 9.17) is 0 Å². The molecule has 1 unspecified atom stereocenters. The van der Waals surface area contributed by atoms with Crippen LogP contribution in [0.5, 0.6) is 0 Å². The molecule has 1 aliphatic rings. The Morgan fingerprint density at radius 3 is 1.82 bits per heavy atom. The van der Waals surface area contributed by atoms with Gasteiger partial charge in [-0.05, 0) is 76.6 Å². The smallest absolute Gasteiger partial charge is 0.283 e. The third-order valence-corrected chi connectivity index (χ3v) is 10.3. The molecule has 1 heterocycles. The minimum Gasteiger partial charge on any atom is -0.372 e. The monoisotopic (exact) mass is 568 g/mol. The molecule has 3 aromatic carbocycles. The van der Waals surface area contributed by atoms with Crippen molar-refractivity contribution >= 4 is 31.6 Å². The van der Waals surface area contributed by atoms with Crippen LogP contribution in [-0.2, 0) is 20.0 Å². The van der Waals surface area contributed by atoms with E-state index in [0.29, 0.717) is 6.54 Å². The van der Waals surface area contributed by atoms with Crippen molar-refractivity contribution in [1.82, 2.24) is 9.21 Å². The third-order valence-electron chi connectivity index (χ3n) is 7.06. The lowest BCUT2D eigenvalue weighted by molar-refractivity contribution is 0.284. The summed E-state index contributed by atoms with van der Waals surface area (Å²) in [5, 5.41) is 0. The highest BCUT2D eigenvalue weighted by molar-refractivity contribution is 7.90. The molecule has 0 bridgehead atoms. The van der Waals surface area contributed by atoms with E-state index in [0.717, 1.165) is 35.5 Å². The SMILES string of the molecule is CCN(CC)c1ccc(C2N(/C(C)=N/S(=O)(=O)c3ccc(C)cc3)CCN2S(=O)(=O)c2ccc(C)cc2)cc1. The topological polar surface area (TPSA) is 90.4 Å². The summed E-state index contributed by atoms with van der Waals surface area (Å²) in [7, 11) is -7.86. The number of hydrogen-bond acceptors (Lipinski definition) is 5. The molecule has 1 fully saturated rings. The summed E-state index contributed by atoms with van der Waals surface area (Å²) in [6, 6.07) is 21.1. The fraction of sp³-hybridized carbons (Fsp3) is 0.345. The molecule has 4 rings (SSSR count). The second-order valence-corrected chi connectivity index (χ2v) is 13.2. The maximum Gasteiger partial charge on any atom is 0.283 e. The zero-order valence-corrected chi connectivity index (χ0v) is 24.7. The fourth-order valence-corrected chi connectivity index (χ4v) is 7.43. The molecule has 0 amide bonds. The summed E-state index contributed by atoms with van der Waals surface area (Å²) in [4.78, 5) is 4.25. The van der Waals surface area contributed by atoms with Crippen molar-refractivity contribution in [1.29, 1.82) is 0 Å². The van der Waals surface area contributed by atoms with E-state index < -0.39 is 26.2 Å². The van der Waals surface area contributed by atoms with E-state index in [-0.39, 0.29) is 22.2 Å². The van der Waals surface area contributed by atoms with Crippen LogP contribution >= 0.6 is 0 Å². The molecule has 0 spiro atoms. The van der Waals surface area contributed by atoms with Crippen LogP contribution in [0.2, 0.25) is 0 Å². The molecule has 1 atom stereocenters. The van der Waals surface area contributed by atoms with Crippen molar-refractivity contribution in [3.05, 3.63) is 89.5 Å². The molecule has 0 aromatic heterocycles. The molecule has 0 radical (unpaired) electrons. The van der Waals surface area contributed by atoms with Crippen molar-refractivity contribution in [3.63, 3.8) is 0 Å². The maximum atomic E-state index is 13.8. The van der Waals surface area contributed by atoms with Crippen LogP contribution in [0.1, 0.15) is 43.6 Å². The quantitative estimate of drug-likeness (QED) is 0.282. The van der Waals surface area contributed by atoms with Crippen LogP contribution in [-0.4, -0.2) is 58.1 Å². The van der Waals surface area contributed by atoms with E-state index in [1.54, 1.807) is 48.2 Å². The number of sulfonamides is 2. The van der Waals surface area contributed by atoms with Crippen molar-refractivity contribution < 1.29 is 16.8 Å². The van der Waals surface area contributed by atoms with E-state index in [2.05, 4.69) is 23.1 Å². The van der Waals surface area contributed by atoms with E-state index in [1.807, 2.05) is 38.1 Å². The normalized spacial score (nSPS) is 17.0. The molecule has 208 valence electrons. The lowest BCUT2D eigenvalue weighted by Crippen LogP contribution is -2.37. The number of nitrogens with zero attached hydrogens (tertiary/aromatic N) is 4. The number of rotatable bonds is 8. The molecule has 0 aliphatic carbocycles. The van der Waals surface area contributed by atoms with Gasteiger partial charge >= 0.3 is 0 Å².